The van der Waals surface area contributed by atoms with Crippen molar-refractivity contribution in [2.45, 2.75) is 103 Å². The molecule has 0 saturated carbocycles. The van der Waals surface area contributed by atoms with Crippen LogP contribution < -0.4 is 5.32 Å². The van der Waals surface area contributed by atoms with E-state index in [1.165, 1.54) is 57.8 Å². The lowest BCUT2D eigenvalue weighted by Crippen LogP contribution is -2.13. The summed E-state index contributed by atoms with van der Waals surface area (Å²) in [6.07, 6.45) is 14.8. The van der Waals surface area contributed by atoms with Gasteiger partial charge in [0.25, 0.3) is 0 Å². The van der Waals surface area contributed by atoms with Crippen molar-refractivity contribution >= 4 is 11.6 Å². The van der Waals surface area contributed by atoms with Gasteiger partial charge in [-0.1, -0.05) is 96.3 Å². The number of rotatable bonds is 15. The third-order valence-electron chi connectivity index (χ3n) is 4.99. The molecule has 0 heterocycles. The summed E-state index contributed by atoms with van der Waals surface area (Å²) < 4.78 is 0. The maximum Gasteiger partial charge on any atom is 0.224 e. The van der Waals surface area contributed by atoms with Gasteiger partial charge < -0.3 is 10.4 Å². The second kappa shape index (κ2) is 14.8. The van der Waals surface area contributed by atoms with Crippen molar-refractivity contribution in [3.05, 3.63) is 29.8 Å². The number of aliphatic hydroxyl groups excluding tert-OH is 1. The van der Waals surface area contributed by atoms with Gasteiger partial charge in [-0.2, -0.15) is 0 Å². The first-order valence-corrected chi connectivity index (χ1v) is 10.8. The molecule has 1 atom stereocenters. The monoisotopic (exact) mass is 361 g/mol. The highest BCUT2D eigenvalue weighted by atomic mass is 16.3. The van der Waals surface area contributed by atoms with E-state index in [-0.39, 0.29) is 5.91 Å². The lowest BCUT2D eigenvalue weighted by atomic mass is 10.0. The van der Waals surface area contributed by atoms with Gasteiger partial charge in [-0.3, -0.25) is 4.79 Å². The van der Waals surface area contributed by atoms with Crippen LogP contribution in [0.4, 0.5) is 5.69 Å². The maximum atomic E-state index is 12.1. The molecule has 1 rings (SSSR count). The van der Waals surface area contributed by atoms with E-state index >= 15 is 0 Å². The highest BCUT2D eigenvalue weighted by Gasteiger charge is 2.11. The first-order chi connectivity index (χ1) is 12.7. The van der Waals surface area contributed by atoms with Crippen LogP contribution in [0.15, 0.2) is 24.3 Å². The summed E-state index contributed by atoms with van der Waals surface area (Å²) in [7, 11) is 0. The van der Waals surface area contributed by atoms with E-state index in [2.05, 4.69) is 12.2 Å². The van der Waals surface area contributed by atoms with Crippen LogP contribution in [0.3, 0.4) is 0 Å². The van der Waals surface area contributed by atoms with E-state index in [1.807, 2.05) is 31.2 Å². The fourth-order valence-corrected chi connectivity index (χ4v) is 3.28. The summed E-state index contributed by atoms with van der Waals surface area (Å²) in [5.41, 5.74) is 1.55. The fraction of sp³-hybridized carbons (Fsp3) is 0.696. The zero-order valence-corrected chi connectivity index (χ0v) is 16.9. The molecule has 1 amide bonds. The first kappa shape index (κ1) is 22.7. The molecule has 0 radical (unpaired) electrons. The normalized spacial score (nSPS) is 12.1. The van der Waals surface area contributed by atoms with Crippen molar-refractivity contribution in [3.63, 3.8) is 0 Å². The van der Waals surface area contributed by atoms with Gasteiger partial charge in [0.1, 0.15) is 0 Å². The molecule has 26 heavy (non-hydrogen) atoms. The van der Waals surface area contributed by atoms with Crippen LogP contribution in [-0.4, -0.2) is 11.0 Å². The minimum Gasteiger partial charge on any atom is -0.388 e. The molecule has 0 saturated heterocycles. The van der Waals surface area contributed by atoms with E-state index in [1.54, 1.807) is 0 Å². The molecule has 148 valence electrons. The van der Waals surface area contributed by atoms with Crippen LogP contribution in [0.25, 0.3) is 0 Å². The molecule has 0 bridgehead atoms. The maximum absolute atomic E-state index is 12.1. The van der Waals surface area contributed by atoms with E-state index in [4.69, 9.17) is 0 Å². The number of hydrogen-bond acceptors (Lipinski definition) is 2. The summed E-state index contributed by atoms with van der Waals surface area (Å²) in [6.45, 7) is 4.20. The summed E-state index contributed by atoms with van der Waals surface area (Å²) in [4.78, 5) is 12.1. The molecular weight excluding hydrogens is 322 g/mol. The van der Waals surface area contributed by atoms with Gasteiger partial charge in [-0.25, -0.2) is 0 Å². The molecule has 1 aromatic carbocycles. The first-order valence-electron chi connectivity index (χ1n) is 10.8. The molecular formula is C23H39NO2. The number of anilines is 1. The second-order valence-corrected chi connectivity index (χ2v) is 7.35. The summed E-state index contributed by atoms with van der Waals surface area (Å²) in [5.74, 6) is 0.0525. The van der Waals surface area contributed by atoms with Gasteiger partial charge in [0.05, 0.1) is 6.10 Å². The van der Waals surface area contributed by atoms with Crippen LogP contribution in [0.2, 0.25) is 0 Å². The van der Waals surface area contributed by atoms with Crippen LogP contribution in [0.1, 0.15) is 109 Å². The zero-order chi connectivity index (χ0) is 19.0. The summed E-state index contributed by atoms with van der Waals surface area (Å²) >= 11 is 0. The van der Waals surface area contributed by atoms with Crippen LogP contribution in [-0.2, 0) is 4.79 Å². The Morgan fingerprint density at radius 3 is 2.00 bits per heavy atom. The van der Waals surface area contributed by atoms with E-state index < -0.39 is 6.10 Å². The number of aliphatic hydroxyl groups is 1. The number of carbonyl (C=O) groups is 1. The topological polar surface area (TPSA) is 49.3 Å². The van der Waals surface area contributed by atoms with E-state index in [9.17, 15) is 9.90 Å². The number of carbonyl (C=O) groups excluding carboxylic acids is 1. The molecule has 0 fully saturated rings. The van der Waals surface area contributed by atoms with Crippen molar-refractivity contribution < 1.29 is 9.90 Å². The standard InChI is InChI=1S/C23H39NO2/c1-3-5-6-7-8-9-10-11-12-13-14-19-23(26)24-21-18-16-15-17-20(21)22(25)4-2/h15-18,22,25H,3-14,19H2,1-2H3,(H,24,26). The minimum atomic E-state index is -0.520. The Labute approximate surface area is 160 Å². The molecule has 3 heteroatoms. The van der Waals surface area contributed by atoms with Crippen LogP contribution >= 0.6 is 0 Å². The van der Waals surface area contributed by atoms with Crippen molar-refractivity contribution in [1.29, 1.82) is 0 Å². The largest absolute Gasteiger partial charge is 0.388 e. The lowest BCUT2D eigenvalue weighted by Gasteiger charge is -2.14. The lowest BCUT2D eigenvalue weighted by molar-refractivity contribution is -0.116. The molecule has 1 aromatic rings. The molecule has 2 N–H and O–H groups in total. The Hall–Kier alpha value is -1.35. The highest BCUT2D eigenvalue weighted by Crippen LogP contribution is 2.25. The number of amides is 1. The zero-order valence-electron chi connectivity index (χ0n) is 16.9. The third kappa shape index (κ3) is 9.96. The second-order valence-electron chi connectivity index (χ2n) is 7.35. The number of para-hydroxylation sites is 1. The Kier molecular flexibility index (Phi) is 12.9. The third-order valence-corrected chi connectivity index (χ3v) is 4.99. The van der Waals surface area contributed by atoms with Gasteiger partial charge in [-0.15, -0.1) is 0 Å². The number of nitrogens with one attached hydrogen (secondary N) is 1. The molecule has 1 unspecified atom stereocenters. The molecule has 0 aromatic heterocycles. The smallest absolute Gasteiger partial charge is 0.224 e. The average Bonchev–Trinajstić information content (AvgIpc) is 2.66. The Bertz CT molecular complexity index is 487. The minimum absolute atomic E-state index is 0.0525. The van der Waals surface area contributed by atoms with E-state index in [0.29, 0.717) is 12.8 Å². The van der Waals surface area contributed by atoms with Gasteiger partial charge in [0.2, 0.25) is 5.91 Å². The molecule has 0 aliphatic rings. The van der Waals surface area contributed by atoms with Gasteiger partial charge in [0.15, 0.2) is 0 Å². The van der Waals surface area contributed by atoms with E-state index in [0.717, 1.165) is 24.1 Å². The SMILES string of the molecule is CCCCCCCCCCCCCC(=O)Nc1ccccc1C(O)CC. The van der Waals surface area contributed by atoms with Crippen molar-refractivity contribution in [2.75, 3.05) is 5.32 Å². The Morgan fingerprint density at radius 2 is 1.42 bits per heavy atom. The number of benzene rings is 1. The number of hydrogen-bond donors (Lipinski definition) is 2. The predicted octanol–water partition coefficient (Wildman–Crippen LogP) is 6.77. The van der Waals surface area contributed by atoms with Gasteiger partial charge in [0, 0.05) is 17.7 Å². The highest BCUT2D eigenvalue weighted by molar-refractivity contribution is 5.91. The van der Waals surface area contributed by atoms with Crippen molar-refractivity contribution in [2.24, 2.45) is 0 Å². The molecule has 0 aliphatic carbocycles. The van der Waals surface area contributed by atoms with Gasteiger partial charge in [-0.05, 0) is 18.9 Å². The predicted molar refractivity (Wildman–Crippen MR) is 111 cm³/mol. The average molecular weight is 362 g/mol. The Morgan fingerprint density at radius 1 is 0.885 bits per heavy atom. The molecule has 0 aliphatic heterocycles. The molecule has 3 nitrogen and oxygen atoms in total. The van der Waals surface area contributed by atoms with Gasteiger partial charge >= 0.3 is 0 Å². The quantitative estimate of drug-likeness (QED) is 0.339. The summed E-state index contributed by atoms with van der Waals surface area (Å²) in [5, 5.41) is 13.0. The molecule has 0 spiro atoms. The van der Waals surface area contributed by atoms with Crippen LogP contribution in [0.5, 0.6) is 0 Å². The summed E-state index contributed by atoms with van der Waals surface area (Å²) in [6, 6.07) is 7.54. The van der Waals surface area contributed by atoms with Crippen molar-refractivity contribution in [3.8, 4) is 0 Å². The fourth-order valence-electron chi connectivity index (χ4n) is 3.28. The number of unbranched alkanes of at least 4 members (excludes halogenated alkanes) is 10. The van der Waals surface area contributed by atoms with Crippen molar-refractivity contribution in [1.82, 2.24) is 0 Å². The Balaban J connectivity index is 2.09. The van der Waals surface area contributed by atoms with Crippen LogP contribution in [0, 0.1) is 0 Å².